The van der Waals surface area contributed by atoms with E-state index in [-0.39, 0.29) is 18.0 Å². The van der Waals surface area contributed by atoms with Crippen molar-refractivity contribution in [1.29, 1.82) is 0 Å². The predicted molar refractivity (Wildman–Crippen MR) is 133 cm³/mol. The van der Waals surface area contributed by atoms with Crippen LogP contribution in [0.25, 0.3) is 33.8 Å². The molecule has 0 aliphatic heterocycles. The second-order valence-electron chi connectivity index (χ2n) is 8.29. The zero-order valence-corrected chi connectivity index (χ0v) is 19.1. The van der Waals surface area contributed by atoms with Crippen molar-refractivity contribution in [2.45, 2.75) is 13.5 Å². The number of para-hydroxylation sites is 1. The van der Waals surface area contributed by atoms with Gasteiger partial charge in [-0.2, -0.15) is 5.10 Å². The molecular formula is C26H19N7O3. The standard InChI is InChI=1S/C26H19N7O3/c1-17-10-11-23(22(12-17)33(34)35)36-15-18-6-5-7-19(13-18)24-29-26-21-14-28-32(20-8-3-2-4-9-20)25(21)27-16-31(26)30-24/h2-14,16H,15H2,1H3. The minimum Gasteiger partial charge on any atom is -0.482 e. The van der Waals surface area contributed by atoms with Crippen molar-refractivity contribution in [3.05, 3.63) is 107 Å². The SMILES string of the molecule is Cc1ccc(OCc2cccc(-c3nc4c5cnn(-c6ccccc6)c5ncn4n3)c2)c([N+](=O)[O-])c1. The van der Waals surface area contributed by atoms with Gasteiger partial charge in [0.1, 0.15) is 12.9 Å². The van der Waals surface area contributed by atoms with Gasteiger partial charge in [0.15, 0.2) is 22.9 Å². The van der Waals surface area contributed by atoms with Crippen LogP contribution in [0.5, 0.6) is 5.75 Å². The molecule has 6 aromatic rings. The maximum atomic E-state index is 11.4. The molecule has 3 aromatic heterocycles. The number of fused-ring (bicyclic) bond motifs is 3. The van der Waals surface area contributed by atoms with Gasteiger partial charge in [0.25, 0.3) is 0 Å². The number of aromatic nitrogens is 6. The van der Waals surface area contributed by atoms with Crippen LogP contribution in [0.15, 0.2) is 85.3 Å². The Morgan fingerprint density at radius 3 is 2.69 bits per heavy atom. The molecule has 36 heavy (non-hydrogen) atoms. The molecule has 10 heteroatoms. The Balaban J connectivity index is 1.31. The average molecular weight is 477 g/mol. The first kappa shape index (κ1) is 21.4. The summed E-state index contributed by atoms with van der Waals surface area (Å²) >= 11 is 0. The molecular weight excluding hydrogens is 458 g/mol. The molecule has 0 fully saturated rings. The smallest absolute Gasteiger partial charge is 0.311 e. The Labute approximate surface area is 204 Å². The third-order valence-corrected chi connectivity index (χ3v) is 5.80. The minimum atomic E-state index is -0.436. The van der Waals surface area contributed by atoms with Gasteiger partial charge < -0.3 is 4.74 Å². The third-order valence-electron chi connectivity index (χ3n) is 5.80. The second kappa shape index (κ2) is 8.58. The zero-order chi connectivity index (χ0) is 24.6. The molecule has 0 atom stereocenters. The molecule has 10 nitrogen and oxygen atoms in total. The summed E-state index contributed by atoms with van der Waals surface area (Å²) in [4.78, 5) is 20.2. The Morgan fingerprint density at radius 2 is 1.86 bits per heavy atom. The van der Waals surface area contributed by atoms with Crippen LogP contribution in [0.1, 0.15) is 11.1 Å². The van der Waals surface area contributed by atoms with E-state index in [4.69, 9.17) is 9.72 Å². The number of nitro groups is 1. The lowest BCUT2D eigenvalue weighted by Gasteiger charge is -2.08. The van der Waals surface area contributed by atoms with Crippen molar-refractivity contribution in [1.82, 2.24) is 29.4 Å². The zero-order valence-electron chi connectivity index (χ0n) is 19.1. The first-order valence-corrected chi connectivity index (χ1v) is 11.2. The number of rotatable bonds is 6. The summed E-state index contributed by atoms with van der Waals surface area (Å²) in [5.74, 6) is 0.755. The molecule has 0 amide bonds. The summed E-state index contributed by atoms with van der Waals surface area (Å²) in [7, 11) is 0. The maximum absolute atomic E-state index is 11.4. The number of nitrogens with zero attached hydrogens (tertiary/aromatic N) is 7. The van der Waals surface area contributed by atoms with E-state index in [1.54, 1.807) is 40.8 Å². The first-order chi connectivity index (χ1) is 17.6. The van der Waals surface area contributed by atoms with Crippen LogP contribution in [0, 0.1) is 17.0 Å². The van der Waals surface area contributed by atoms with Crippen molar-refractivity contribution in [3.63, 3.8) is 0 Å². The van der Waals surface area contributed by atoms with E-state index in [1.807, 2.05) is 54.6 Å². The van der Waals surface area contributed by atoms with Gasteiger partial charge in [0, 0.05) is 11.6 Å². The Morgan fingerprint density at radius 1 is 1.00 bits per heavy atom. The van der Waals surface area contributed by atoms with E-state index in [9.17, 15) is 10.1 Å². The molecule has 0 radical (unpaired) electrons. The highest BCUT2D eigenvalue weighted by atomic mass is 16.6. The molecule has 0 saturated carbocycles. The molecule has 3 heterocycles. The lowest BCUT2D eigenvalue weighted by Crippen LogP contribution is -2.00. The molecule has 0 spiro atoms. The Hall–Kier alpha value is -5.12. The van der Waals surface area contributed by atoms with Crippen LogP contribution in [0.4, 0.5) is 5.69 Å². The number of hydrogen-bond donors (Lipinski definition) is 0. The van der Waals surface area contributed by atoms with E-state index in [0.717, 1.165) is 27.8 Å². The van der Waals surface area contributed by atoms with E-state index in [0.29, 0.717) is 17.1 Å². The minimum absolute atomic E-state index is 0.0549. The summed E-state index contributed by atoms with van der Waals surface area (Å²) in [6, 6.07) is 22.3. The number of aryl methyl sites for hydroxylation is 1. The lowest BCUT2D eigenvalue weighted by atomic mass is 10.1. The van der Waals surface area contributed by atoms with Crippen molar-refractivity contribution >= 4 is 22.4 Å². The van der Waals surface area contributed by atoms with E-state index < -0.39 is 4.92 Å². The summed E-state index contributed by atoms with van der Waals surface area (Å²) in [5.41, 5.74) is 4.62. The molecule has 3 aromatic carbocycles. The number of ether oxygens (including phenoxy) is 1. The number of nitro benzene ring substituents is 1. The van der Waals surface area contributed by atoms with Crippen LogP contribution in [0.3, 0.4) is 0 Å². The van der Waals surface area contributed by atoms with Gasteiger partial charge in [-0.1, -0.05) is 42.5 Å². The first-order valence-electron chi connectivity index (χ1n) is 11.2. The van der Waals surface area contributed by atoms with Crippen molar-refractivity contribution in [2.24, 2.45) is 0 Å². The maximum Gasteiger partial charge on any atom is 0.311 e. The number of benzene rings is 3. The Bertz CT molecular complexity index is 1740. The molecule has 0 N–H and O–H groups in total. The topological polar surface area (TPSA) is 113 Å². The van der Waals surface area contributed by atoms with Gasteiger partial charge in [-0.25, -0.2) is 19.2 Å². The Kier molecular flexibility index (Phi) is 5.11. The van der Waals surface area contributed by atoms with Gasteiger partial charge in [0.05, 0.1) is 22.2 Å². The van der Waals surface area contributed by atoms with Crippen LogP contribution in [0.2, 0.25) is 0 Å². The molecule has 0 bridgehead atoms. The largest absolute Gasteiger partial charge is 0.482 e. The summed E-state index contributed by atoms with van der Waals surface area (Å²) in [6.45, 7) is 1.97. The fourth-order valence-electron chi connectivity index (χ4n) is 4.05. The van der Waals surface area contributed by atoms with Crippen LogP contribution < -0.4 is 4.74 Å². The van der Waals surface area contributed by atoms with Crippen molar-refractivity contribution in [2.75, 3.05) is 0 Å². The van der Waals surface area contributed by atoms with Gasteiger partial charge in [-0.3, -0.25) is 10.1 Å². The monoisotopic (exact) mass is 477 g/mol. The predicted octanol–water partition coefficient (Wildman–Crippen LogP) is 4.93. The molecule has 176 valence electrons. The van der Waals surface area contributed by atoms with Gasteiger partial charge in [-0.05, 0) is 42.3 Å². The lowest BCUT2D eigenvalue weighted by molar-refractivity contribution is -0.386. The van der Waals surface area contributed by atoms with Crippen LogP contribution in [-0.2, 0) is 6.61 Å². The highest BCUT2D eigenvalue weighted by molar-refractivity contribution is 5.90. The van der Waals surface area contributed by atoms with Crippen molar-refractivity contribution < 1.29 is 9.66 Å². The van der Waals surface area contributed by atoms with Crippen LogP contribution in [-0.4, -0.2) is 34.3 Å². The number of hydrogen-bond acceptors (Lipinski definition) is 7. The van der Waals surface area contributed by atoms with Gasteiger partial charge in [0.2, 0.25) is 0 Å². The second-order valence-corrected chi connectivity index (χ2v) is 8.29. The highest BCUT2D eigenvalue weighted by Gasteiger charge is 2.17. The summed E-state index contributed by atoms with van der Waals surface area (Å²) in [6.07, 6.45) is 3.36. The quantitative estimate of drug-likeness (QED) is 0.247. The third kappa shape index (κ3) is 3.80. The van der Waals surface area contributed by atoms with Gasteiger partial charge >= 0.3 is 5.69 Å². The van der Waals surface area contributed by atoms with Crippen LogP contribution >= 0.6 is 0 Å². The molecule has 0 saturated heterocycles. The fourth-order valence-corrected chi connectivity index (χ4v) is 4.05. The van der Waals surface area contributed by atoms with E-state index in [1.165, 1.54) is 6.07 Å². The molecule has 0 aliphatic rings. The van der Waals surface area contributed by atoms with Gasteiger partial charge in [-0.15, -0.1) is 5.10 Å². The average Bonchev–Trinajstić information content (AvgIpc) is 3.53. The fraction of sp³-hybridized carbons (Fsp3) is 0.0769. The van der Waals surface area contributed by atoms with E-state index in [2.05, 4.69) is 15.2 Å². The normalized spacial score (nSPS) is 11.2. The molecule has 0 aliphatic carbocycles. The van der Waals surface area contributed by atoms with Crippen molar-refractivity contribution in [3.8, 4) is 22.8 Å². The van der Waals surface area contributed by atoms with E-state index >= 15 is 0 Å². The summed E-state index contributed by atoms with van der Waals surface area (Å²) < 4.78 is 9.19. The highest BCUT2D eigenvalue weighted by Crippen LogP contribution is 2.29. The summed E-state index contributed by atoms with van der Waals surface area (Å²) in [5, 5.41) is 21.3. The molecule has 6 rings (SSSR count). The molecule has 0 unspecified atom stereocenters.